The van der Waals surface area contributed by atoms with Crippen LogP contribution in [0.15, 0.2) is 65.8 Å². The molecule has 1 unspecified atom stereocenters. The van der Waals surface area contributed by atoms with E-state index in [4.69, 9.17) is 14.0 Å². The minimum atomic E-state index is -3.10. The Morgan fingerprint density at radius 1 is 1.29 bits per heavy atom. The molecule has 0 fully saturated rings. The molecular weight excluding hydrogens is 435 g/mol. The van der Waals surface area contributed by atoms with Gasteiger partial charge in [0.05, 0.1) is 24.4 Å². The number of para-hydroxylation sites is 1. The van der Waals surface area contributed by atoms with E-state index in [0.717, 1.165) is 17.7 Å². The molecule has 0 spiro atoms. The summed E-state index contributed by atoms with van der Waals surface area (Å²) in [5.74, 6) is 1.28. The van der Waals surface area contributed by atoms with E-state index in [1.54, 1.807) is 10.3 Å². The van der Waals surface area contributed by atoms with E-state index in [0.29, 0.717) is 24.3 Å². The third-order valence-electron chi connectivity index (χ3n) is 4.89. The standard InChI is InChI=1S/C22H29N2O5PS/c1-5-28-30(26,6-2)24(18-12-8-7-9-13-18)31-16-23-21(25)29-20-19-17(11-10-14-27-19)15-22(20,3)4/h7-14H,5-6,15-16H2,1-4H3,(H,23,25). The summed E-state index contributed by atoms with van der Waals surface area (Å²) in [6, 6.07) is 9.36. The molecule has 1 atom stereocenters. The molecule has 2 aliphatic rings. The first kappa shape index (κ1) is 23.5. The molecule has 3 rings (SSSR count). The van der Waals surface area contributed by atoms with E-state index in [-0.39, 0.29) is 11.3 Å². The second-order valence-electron chi connectivity index (χ2n) is 7.68. The van der Waals surface area contributed by atoms with Gasteiger partial charge >= 0.3 is 13.6 Å². The molecule has 31 heavy (non-hydrogen) atoms. The molecule has 168 valence electrons. The van der Waals surface area contributed by atoms with E-state index in [1.807, 2.05) is 70.2 Å². The third-order valence-corrected chi connectivity index (χ3v) is 8.96. The Morgan fingerprint density at radius 2 is 2.03 bits per heavy atom. The van der Waals surface area contributed by atoms with Gasteiger partial charge in [0.1, 0.15) is 0 Å². The van der Waals surface area contributed by atoms with Crippen LogP contribution in [0.2, 0.25) is 0 Å². The number of amides is 1. The summed E-state index contributed by atoms with van der Waals surface area (Å²) in [5, 5.41) is 2.74. The summed E-state index contributed by atoms with van der Waals surface area (Å²) in [6.07, 6.45) is 5.87. The Labute approximate surface area is 188 Å². The zero-order valence-corrected chi connectivity index (χ0v) is 20.0. The van der Waals surface area contributed by atoms with Gasteiger partial charge in [-0.1, -0.05) is 45.0 Å². The van der Waals surface area contributed by atoms with Crippen molar-refractivity contribution < 1.29 is 23.4 Å². The van der Waals surface area contributed by atoms with Crippen molar-refractivity contribution in [1.29, 1.82) is 0 Å². The van der Waals surface area contributed by atoms with Crippen molar-refractivity contribution in [3.05, 3.63) is 65.8 Å². The Hall–Kier alpha value is -2.15. The summed E-state index contributed by atoms with van der Waals surface area (Å²) < 4.78 is 31.9. The van der Waals surface area contributed by atoms with Crippen molar-refractivity contribution in [1.82, 2.24) is 5.32 Å². The molecule has 9 heteroatoms. The van der Waals surface area contributed by atoms with Crippen LogP contribution in [0, 0.1) is 5.41 Å². The van der Waals surface area contributed by atoms with E-state index < -0.39 is 13.6 Å². The zero-order chi connectivity index (χ0) is 22.5. The fraction of sp³-hybridized carbons (Fsp3) is 0.409. The van der Waals surface area contributed by atoms with Crippen LogP contribution in [0.3, 0.4) is 0 Å². The number of benzene rings is 1. The average molecular weight is 465 g/mol. The number of ether oxygens (including phenoxy) is 2. The maximum Gasteiger partial charge on any atom is 0.413 e. The second-order valence-corrected chi connectivity index (χ2v) is 11.4. The minimum absolute atomic E-state index is 0.164. The number of fused-ring (bicyclic) bond motifs is 1. The number of alkyl carbamates (subject to hydrolysis) is 1. The van der Waals surface area contributed by atoms with Crippen molar-refractivity contribution in [2.24, 2.45) is 5.41 Å². The summed E-state index contributed by atoms with van der Waals surface area (Å²) in [6.45, 7) is 8.00. The first-order valence-corrected chi connectivity index (χ1v) is 13.0. The molecule has 0 saturated heterocycles. The molecule has 0 bridgehead atoms. The lowest BCUT2D eigenvalue weighted by molar-refractivity contribution is 0.148. The number of anilines is 1. The van der Waals surface area contributed by atoms with Gasteiger partial charge in [-0.25, -0.2) is 8.87 Å². The molecular formula is C22H29N2O5PS. The van der Waals surface area contributed by atoms with E-state index in [9.17, 15) is 9.36 Å². The van der Waals surface area contributed by atoms with Crippen LogP contribution >= 0.6 is 19.5 Å². The molecule has 0 saturated carbocycles. The van der Waals surface area contributed by atoms with Crippen LogP contribution in [0.4, 0.5) is 10.5 Å². The fourth-order valence-electron chi connectivity index (χ4n) is 3.45. The molecule has 1 amide bonds. The Morgan fingerprint density at radius 3 is 2.71 bits per heavy atom. The van der Waals surface area contributed by atoms with E-state index >= 15 is 0 Å². The van der Waals surface area contributed by atoms with Crippen LogP contribution in [0.5, 0.6) is 0 Å². The van der Waals surface area contributed by atoms with Gasteiger partial charge in [-0.15, -0.1) is 0 Å². The third kappa shape index (κ3) is 5.37. The highest BCUT2D eigenvalue weighted by Crippen LogP contribution is 2.56. The molecule has 1 aromatic carbocycles. The SMILES string of the molecule is CCOP(=O)(CC)N(SCNC(=O)OC1=C2OC=CC=C2CC1(C)C)c1ccccc1. The van der Waals surface area contributed by atoms with Gasteiger partial charge in [0.25, 0.3) is 0 Å². The van der Waals surface area contributed by atoms with Gasteiger partial charge in [-0.3, -0.25) is 4.57 Å². The number of nitrogens with zero attached hydrogens (tertiary/aromatic N) is 1. The minimum Gasteiger partial charge on any atom is -0.461 e. The Balaban J connectivity index is 1.67. The lowest BCUT2D eigenvalue weighted by Crippen LogP contribution is -2.28. The van der Waals surface area contributed by atoms with Gasteiger partial charge < -0.3 is 19.3 Å². The number of hydrogen-bond acceptors (Lipinski definition) is 6. The van der Waals surface area contributed by atoms with Gasteiger partial charge in [0.15, 0.2) is 11.5 Å². The summed E-state index contributed by atoms with van der Waals surface area (Å²) in [5.41, 5.74) is 1.42. The molecule has 1 heterocycles. The molecule has 1 aromatic rings. The van der Waals surface area contributed by atoms with Crippen molar-refractivity contribution in [2.45, 2.75) is 34.1 Å². The highest BCUT2D eigenvalue weighted by Gasteiger charge is 2.41. The number of carbonyl (C=O) groups is 1. The van der Waals surface area contributed by atoms with E-state index in [2.05, 4.69) is 5.32 Å². The topological polar surface area (TPSA) is 77.1 Å². The first-order chi connectivity index (χ1) is 14.8. The summed E-state index contributed by atoms with van der Waals surface area (Å²) in [7, 11) is -3.10. The van der Waals surface area contributed by atoms with Crippen LogP contribution in [0.1, 0.15) is 34.1 Å². The van der Waals surface area contributed by atoms with Crippen molar-refractivity contribution in [2.75, 3.05) is 22.7 Å². The van der Waals surface area contributed by atoms with Crippen molar-refractivity contribution >= 4 is 31.2 Å². The number of allylic oxidation sites excluding steroid dienone is 4. The molecule has 0 aromatic heterocycles. The van der Waals surface area contributed by atoms with Crippen LogP contribution in [-0.4, -0.2) is 24.7 Å². The largest absolute Gasteiger partial charge is 0.461 e. The normalized spacial score (nSPS) is 18.5. The monoisotopic (exact) mass is 464 g/mol. The number of rotatable bonds is 9. The molecule has 1 aliphatic carbocycles. The highest BCUT2D eigenvalue weighted by atomic mass is 32.2. The van der Waals surface area contributed by atoms with Gasteiger partial charge in [-0.05, 0) is 49.1 Å². The van der Waals surface area contributed by atoms with Crippen molar-refractivity contribution in [3.63, 3.8) is 0 Å². The summed E-state index contributed by atoms with van der Waals surface area (Å²) >= 11 is 1.22. The zero-order valence-electron chi connectivity index (χ0n) is 18.3. The predicted octanol–water partition coefficient (Wildman–Crippen LogP) is 6.19. The average Bonchev–Trinajstić information content (AvgIpc) is 3.01. The van der Waals surface area contributed by atoms with E-state index in [1.165, 1.54) is 11.9 Å². The lowest BCUT2D eigenvalue weighted by atomic mass is 9.90. The van der Waals surface area contributed by atoms with Gasteiger partial charge in [0.2, 0.25) is 0 Å². The number of carbonyl (C=O) groups excluding carboxylic acids is 1. The first-order valence-electron chi connectivity index (χ1n) is 10.3. The molecule has 0 radical (unpaired) electrons. The predicted molar refractivity (Wildman–Crippen MR) is 125 cm³/mol. The van der Waals surface area contributed by atoms with Crippen LogP contribution in [-0.2, 0) is 18.6 Å². The van der Waals surface area contributed by atoms with Crippen molar-refractivity contribution in [3.8, 4) is 0 Å². The Kier molecular flexibility index (Phi) is 7.57. The van der Waals surface area contributed by atoms with Gasteiger partial charge in [-0.2, -0.15) is 0 Å². The smallest absolute Gasteiger partial charge is 0.413 e. The molecule has 1 aliphatic heterocycles. The summed E-state index contributed by atoms with van der Waals surface area (Å²) in [4.78, 5) is 12.5. The maximum atomic E-state index is 13.4. The van der Waals surface area contributed by atoms with Crippen LogP contribution in [0.25, 0.3) is 0 Å². The quantitative estimate of drug-likeness (QED) is 0.265. The molecule has 1 N–H and O–H groups in total. The second kappa shape index (κ2) is 9.98. The number of hydrogen-bond donors (Lipinski definition) is 1. The fourth-order valence-corrected chi connectivity index (χ4v) is 6.82. The highest BCUT2D eigenvalue weighted by molar-refractivity contribution is 8.06. The van der Waals surface area contributed by atoms with Crippen LogP contribution < -0.4 is 9.39 Å². The lowest BCUT2D eigenvalue weighted by Gasteiger charge is -2.30. The van der Waals surface area contributed by atoms with Gasteiger partial charge in [0, 0.05) is 11.6 Å². The molecule has 7 nitrogen and oxygen atoms in total. The maximum absolute atomic E-state index is 13.4. The Bertz CT molecular complexity index is 942. The number of nitrogens with one attached hydrogen (secondary N) is 1.